The maximum Gasteiger partial charge on any atom is 0.161 e. The Labute approximate surface area is 105 Å². The fraction of sp³-hybridized carbons (Fsp3) is 0.538. The highest BCUT2D eigenvalue weighted by Crippen LogP contribution is 2.32. The fourth-order valence-electron chi connectivity index (χ4n) is 2.08. The number of methoxy groups -OCH3 is 1. The van der Waals surface area contributed by atoms with Crippen molar-refractivity contribution in [3.63, 3.8) is 0 Å². The van der Waals surface area contributed by atoms with Crippen molar-refractivity contribution >= 4 is 15.9 Å². The van der Waals surface area contributed by atoms with Crippen LogP contribution < -0.4 is 9.47 Å². The van der Waals surface area contributed by atoms with Gasteiger partial charge >= 0.3 is 0 Å². The molecule has 0 saturated heterocycles. The lowest BCUT2D eigenvalue weighted by atomic mass is 10.2. The van der Waals surface area contributed by atoms with Gasteiger partial charge in [0.15, 0.2) is 11.5 Å². The van der Waals surface area contributed by atoms with Crippen LogP contribution in [0.25, 0.3) is 0 Å². The molecule has 0 atom stereocenters. The fourth-order valence-corrected chi connectivity index (χ4v) is 2.43. The molecule has 0 N–H and O–H groups in total. The molecule has 16 heavy (non-hydrogen) atoms. The minimum atomic E-state index is 0.378. The first kappa shape index (κ1) is 11.8. The normalized spacial score (nSPS) is 16.4. The second kappa shape index (κ2) is 5.58. The summed E-state index contributed by atoms with van der Waals surface area (Å²) in [6, 6.07) is 6.11. The topological polar surface area (TPSA) is 18.5 Å². The van der Waals surface area contributed by atoms with Crippen LogP contribution >= 0.6 is 15.9 Å². The molecule has 1 saturated carbocycles. The van der Waals surface area contributed by atoms with Gasteiger partial charge in [0.2, 0.25) is 0 Å². The lowest BCUT2D eigenvalue weighted by Gasteiger charge is -2.16. The van der Waals surface area contributed by atoms with E-state index in [1.165, 1.54) is 31.2 Å². The van der Waals surface area contributed by atoms with Crippen molar-refractivity contribution < 1.29 is 9.47 Å². The lowest BCUT2D eigenvalue weighted by molar-refractivity contribution is 0.200. The smallest absolute Gasteiger partial charge is 0.161 e. The van der Waals surface area contributed by atoms with Crippen LogP contribution in [0.3, 0.4) is 0 Å². The Kier molecular flexibility index (Phi) is 4.10. The van der Waals surface area contributed by atoms with Gasteiger partial charge in [-0.15, -0.1) is 0 Å². The van der Waals surface area contributed by atoms with E-state index in [0.717, 1.165) is 16.8 Å². The van der Waals surface area contributed by atoms with E-state index in [1.54, 1.807) is 7.11 Å². The molecule has 1 aromatic rings. The van der Waals surface area contributed by atoms with Gasteiger partial charge in [-0.25, -0.2) is 0 Å². The molecule has 0 amide bonds. The molecule has 1 fully saturated rings. The summed E-state index contributed by atoms with van der Waals surface area (Å²) in [5.41, 5.74) is 1.20. The molecule has 1 aromatic carbocycles. The van der Waals surface area contributed by atoms with Gasteiger partial charge in [0.1, 0.15) is 0 Å². The van der Waals surface area contributed by atoms with Crippen LogP contribution in [-0.4, -0.2) is 13.2 Å². The number of alkyl halides is 1. The average molecular weight is 285 g/mol. The van der Waals surface area contributed by atoms with Crippen LogP contribution in [0.2, 0.25) is 0 Å². The van der Waals surface area contributed by atoms with Gasteiger partial charge in [-0.2, -0.15) is 0 Å². The van der Waals surface area contributed by atoms with E-state index < -0.39 is 0 Å². The second-order valence-corrected chi connectivity index (χ2v) is 4.70. The van der Waals surface area contributed by atoms with Gasteiger partial charge in [0.05, 0.1) is 13.2 Å². The molecule has 2 nitrogen and oxygen atoms in total. The minimum absolute atomic E-state index is 0.378. The van der Waals surface area contributed by atoms with E-state index >= 15 is 0 Å². The molecule has 0 unspecified atom stereocenters. The number of halogens is 1. The van der Waals surface area contributed by atoms with E-state index in [0.29, 0.717) is 6.10 Å². The number of hydrogen-bond donors (Lipinski definition) is 0. The lowest BCUT2D eigenvalue weighted by Crippen LogP contribution is -2.11. The summed E-state index contributed by atoms with van der Waals surface area (Å²) < 4.78 is 11.3. The van der Waals surface area contributed by atoms with Gasteiger partial charge in [0, 0.05) is 5.33 Å². The molecular formula is C13H17BrO2. The van der Waals surface area contributed by atoms with E-state index in [2.05, 4.69) is 22.0 Å². The minimum Gasteiger partial charge on any atom is -0.493 e. The molecule has 0 aromatic heterocycles. The molecular weight excluding hydrogens is 268 g/mol. The largest absolute Gasteiger partial charge is 0.493 e. The molecule has 0 aliphatic heterocycles. The molecule has 2 rings (SSSR count). The highest BCUT2D eigenvalue weighted by Gasteiger charge is 2.18. The summed E-state index contributed by atoms with van der Waals surface area (Å²) in [6.07, 6.45) is 5.29. The molecule has 88 valence electrons. The molecule has 3 heteroatoms. The molecule has 0 heterocycles. The summed E-state index contributed by atoms with van der Waals surface area (Å²) in [7, 11) is 1.69. The van der Waals surface area contributed by atoms with E-state index in [-0.39, 0.29) is 0 Å². The Bertz CT molecular complexity index is 346. The third-order valence-corrected chi connectivity index (χ3v) is 3.63. The number of benzene rings is 1. The second-order valence-electron chi connectivity index (χ2n) is 4.14. The number of ether oxygens (including phenoxy) is 2. The third kappa shape index (κ3) is 2.70. The van der Waals surface area contributed by atoms with Gasteiger partial charge < -0.3 is 9.47 Å². The number of rotatable bonds is 4. The monoisotopic (exact) mass is 284 g/mol. The summed E-state index contributed by atoms with van der Waals surface area (Å²) in [5.74, 6) is 1.71. The van der Waals surface area contributed by atoms with Gasteiger partial charge in [-0.1, -0.05) is 22.0 Å². The maximum absolute atomic E-state index is 5.96. The first-order valence-corrected chi connectivity index (χ1v) is 6.85. The van der Waals surface area contributed by atoms with Gasteiger partial charge in [-0.3, -0.25) is 0 Å². The predicted octanol–water partition coefficient (Wildman–Crippen LogP) is 3.91. The Balaban J connectivity index is 2.12. The molecule has 0 spiro atoms. The van der Waals surface area contributed by atoms with Crippen molar-refractivity contribution in [1.82, 2.24) is 0 Å². The molecule has 1 aliphatic carbocycles. The quantitative estimate of drug-likeness (QED) is 0.781. The van der Waals surface area contributed by atoms with Crippen LogP contribution in [0.4, 0.5) is 0 Å². The Morgan fingerprint density at radius 1 is 1.25 bits per heavy atom. The summed E-state index contributed by atoms with van der Waals surface area (Å²) in [5, 5.41) is 0.840. The SMILES string of the molecule is COc1cc(CBr)ccc1OC1CCCC1. The summed E-state index contributed by atoms with van der Waals surface area (Å²) in [6.45, 7) is 0. The number of hydrogen-bond acceptors (Lipinski definition) is 2. The average Bonchev–Trinajstić information content (AvgIpc) is 2.82. The van der Waals surface area contributed by atoms with E-state index in [9.17, 15) is 0 Å². The first-order valence-electron chi connectivity index (χ1n) is 5.73. The summed E-state index contributed by atoms with van der Waals surface area (Å²) >= 11 is 3.44. The van der Waals surface area contributed by atoms with Gasteiger partial charge in [-0.05, 0) is 43.4 Å². The predicted molar refractivity (Wildman–Crippen MR) is 68.5 cm³/mol. The van der Waals surface area contributed by atoms with E-state index in [1.807, 2.05) is 12.1 Å². The Morgan fingerprint density at radius 2 is 2.00 bits per heavy atom. The van der Waals surface area contributed by atoms with Crippen molar-refractivity contribution in [3.8, 4) is 11.5 Å². The van der Waals surface area contributed by atoms with Crippen molar-refractivity contribution in [1.29, 1.82) is 0 Å². The molecule has 0 bridgehead atoms. The van der Waals surface area contributed by atoms with Crippen molar-refractivity contribution in [2.24, 2.45) is 0 Å². The zero-order chi connectivity index (χ0) is 11.4. The first-order chi connectivity index (χ1) is 7.83. The van der Waals surface area contributed by atoms with E-state index in [4.69, 9.17) is 9.47 Å². The van der Waals surface area contributed by atoms with Gasteiger partial charge in [0.25, 0.3) is 0 Å². The highest BCUT2D eigenvalue weighted by atomic mass is 79.9. The molecule has 1 aliphatic rings. The van der Waals surface area contributed by atoms with Crippen LogP contribution in [-0.2, 0) is 5.33 Å². The Morgan fingerprint density at radius 3 is 2.62 bits per heavy atom. The highest BCUT2D eigenvalue weighted by molar-refractivity contribution is 9.08. The standard InChI is InChI=1S/C13H17BrO2/c1-15-13-8-10(9-14)6-7-12(13)16-11-4-2-3-5-11/h6-8,11H,2-5,9H2,1H3. The van der Waals surface area contributed by atoms with Crippen molar-refractivity contribution in [2.45, 2.75) is 37.1 Å². The van der Waals surface area contributed by atoms with Crippen molar-refractivity contribution in [3.05, 3.63) is 23.8 Å². The van der Waals surface area contributed by atoms with Crippen LogP contribution in [0.15, 0.2) is 18.2 Å². The van der Waals surface area contributed by atoms with Crippen LogP contribution in [0.5, 0.6) is 11.5 Å². The van der Waals surface area contributed by atoms with Crippen molar-refractivity contribution in [2.75, 3.05) is 7.11 Å². The van der Waals surface area contributed by atoms with Crippen LogP contribution in [0, 0.1) is 0 Å². The third-order valence-electron chi connectivity index (χ3n) is 2.98. The van der Waals surface area contributed by atoms with Crippen LogP contribution in [0.1, 0.15) is 31.2 Å². The Hall–Kier alpha value is -0.700. The molecule has 0 radical (unpaired) electrons. The zero-order valence-corrected chi connectivity index (χ0v) is 11.1. The maximum atomic E-state index is 5.96. The zero-order valence-electron chi connectivity index (χ0n) is 9.54. The summed E-state index contributed by atoms with van der Waals surface area (Å²) in [4.78, 5) is 0.